The molecule has 3 aromatic rings. The fourth-order valence-corrected chi connectivity index (χ4v) is 4.39. The summed E-state index contributed by atoms with van der Waals surface area (Å²) in [6.45, 7) is 1.16. The average Bonchev–Trinajstić information content (AvgIpc) is 2.84. The number of carbonyl (C=O) groups excluding carboxylic acids is 2. The van der Waals surface area contributed by atoms with Gasteiger partial charge in [-0.3, -0.25) is 9.78 Å². The van der Waals surface area contributed by atoms with E-state index in [1.807, 2.05) is 23.1 Å². The fourth-order valence-electron chi connectivity index (χ4n) is 3.97. The Kier molecular flexibility index (Phi) is 7.03. The number of pyridine rings is 1. The SMILES string of the molecule is CN(C(=O)Nc1ccc(-c2cccc(F)c2)cc1)C1CCN(C(=O)c2ccncc2Br)CC1. The normalized spacial score (nSPS) is 14.1. The molecule has 1 N–H and O–H groups in total. The second kappa shape index (κ2) is 10.1. The maximum atomic E-state index is 13.5. The average molecular weight is 511 g/mol. The predicted molar refractivity (Wildman–Crippen MR) is 129 cm³/mol. The zero-order valence-corrected chi connectivity index (χ0v) is 19.8. The molecular formula is C25H24BrFN4O2. The monoisotopic (exact) mass is 510 g/mol. The molecule has 3 amide bonds. The Hall–Kier alpha value is -3.26. The molecule has 0 bridgehead atoms. The number of likely N-dealkylation sites (tertiary alicyclic amines) is 1. The van der Waals surface area contributed by atoms with Gasteiger partial charge in [-0.1, -0.05) is 24.3 Å². The molecule has 1 fully saturated rings. The van der Waals surface area contributed by atoms with Gasteiger partial charge in [0, 0.05) is 48.7 Å². The molecule has 0 saturated carbocycles. The third-order valence-corrected chi connectivity index (χ3v) is 6.55. The minimum atomic E-state index is -0.285. The number of hydrogen-bond acceptors (Lipinski definition) is 3. The summed E-state index contributed by atoms with van der Waals surface area (Å²) in [6, 6.07) is 15.3. The summed E-state index contributed by atoms with van der Waals surface area (Å²) in [7, 11) is 1.78. The smallest absolute Gasteiger partial charge is 0.321 e. The molecule has 6 nitrogen and oxygen atoms in total. The minimum Gasteiger partial charge on any atom is -0.338 e. The van der Waals surface area contributed by atoms with E-state index in [4.69, 9.17) is 0 Å². The molecular weight excluding hydrogens is 487 g/mol. The minimum absolute atomic E-state index is 0.0341. The highest BCUT2D eigenvalue weighted by Crippen LogP contribution is 2.24. The Morgan fingerprint density at radius 3 is 2.48 bits per heavy atom. The molecule has 2 heterocycles. The number of nitrogens with one attached hydrogen (secondary N) is 1. The van der Waals surface area contributed by atoms with Crippen LogP contribution >= 0.6 is 15.9 Å². The van der Waals surface area contributed by atoms with Crippen LogP contribution in [0.4, 0.5) is 14.9 Å². The Labute approximate surface area is 200 Å². The zero-order valence-electron chi connectivity index (χ0n) is 18.2. The second-order valence-corrected chi connectivity index (χ2v) is 8.86. The lowest BCUT2D eigenvalue weighted by molar-refractivity contribution is 0.0670. The van der Waals surface area contributed by atoms with Gasteiger partial charge in [-0.05, 0) is 70.2 Å². The van der Waals surface area contributed by atoms with Crippen LogP contribution in [-0.2, 0) is 0 Å². The van der Waals surface area contributed by atoms with E-state index < -0.39 is 0 Å². The Morgan fingerprint density at radius 2 is 1.82 bits per heavy atom. The number of aromatic nitrogens is 1. The fraction of sp³-hybridized carbons (Fsp3) is 0.240. The van der Waals surface area contributed by atoms with Crippen LogP contribution < -0.4 is 5.32 Å². The van der Waals surface area contributed by atoms with E-state index in [0.29, 0.717) is 41.7 Å². The quantitative estimate of drug-likeness (QED) is 0.509. The van der Waals surface area contributed by atoms with Gasteiger partial charge < -0.3 is 15.1 Å². The van der Waals surface area contributed by atoms with Crippen molar-refractivity contribution in [3.05, 3.63) is 82.8 Å². The van der Waals surface area contributed by atoms with E-state index in [1.165, 1.54) is 12.1 Å². The number of rotatable bonds is 4. The van der Waals surface area contributed by atoms with Crippen molar-refractivity contribution in [3.8, 4) is 11.1 Å². The first-order valence-corrected chi connectivity index (χ1v) is 11.5. The number of hydrogen-bond donors (Lipinski definition) is 1. The highest BCUT2D eigenvalue weighted by Gasteiger charge is 2.28. The van der Waals surface area contributed by atoms with Crippen LogP contribution in [0.1, 0.15) is 23.2 Å². The summed E-state index contributed by atoms with van der Waals surface area (Å²) in [5.41, 5.74) is 2.92. The first kappa shape index (κ1) is 22.9. The molecule has 4 rings (SSSR count). The molecule has 0 spiro atoms. The molecule has 1 aromatic heterocycles. The predicted octanol–water partition coefficient (Wildman–Crippen LogP) is 5.42. The van der Waals surface area contributed by atoms with Crippen molar-refractivity contribution >= 4 is 33.6 Å². The molecule has 0 radical (unpaired) electrons. The van der Waals surface area contributed by atoms with Crippen LogP contribution in [0.15, 0.2) is 71.5 Å². The first-order chi connectivity index (χ1) is 15.9. The molecule has 0 atom stereocenters. The molecule has 33 heavy (non-hydrogen) atoms. The molecule has 0 aliphatic carbocycles. The maximum Gasteiger partial charge on any atom is 0.321 e. The Bertz CT molecular complexity index is 1150. The highest BCUT2D eigenvalue weighted by atomic mass is 79.9. The highest BCUT2D eigenvalue weighted by molar-refractivity contribution is 9.10. The van der Waals surface area contributed by atoms with E-state index in [9.17, 15) is 14.0 Å². The molecule has 2 aromatic carbocycles. The third kappa shape index (κ3) is 5.39. The molecule has 170 valence electrons. The van der Waals surface area contributed by atoms with Crippen molar-refractivity contribution in [2.45, 2.75) is 18.9 Å². The summed E-state index contributed by atoms with van der Waals surface area (Å²) in [5, 5.41) is 2.92. The maximum absolute atomic E-state index is 13.5. The van der Waals surface area contributed by atoms with Crippen molar-refractivity contribution < 1.29 is 14.0 Å². The van der Waals surface area contributed by atoms with E-state index >= 15 is 0 Å². The van der Waals surface area contributed by atoms with E-state index in [1.54, 1.807) is 48.6 Å². The van der Waals surface area contributed by atoms with Gasteiger partial charge in [-0.25, -0.2) is 9.18 Å². The molecule has 1 aliphatic heterocycles. The lowest BCUT2D eigenvalue weighted by Crippen LogP contribution is -2.48. The van der Waals surface area contributed by atoms with Gasteiger partial charge in [0.15, 0.2) is 0 Å². The molecule has 1 saturated heterocycles. The number of nitrogens with zero attached hydrogens (tertiary/aromatic N) is 3. The Morgan fingerprint density at radius 1 is 1.09 bits per heavy atom. The number of anilines is 1. The molecule has 8 heteroatoms. The zero-order chi connectivity index (χ0) is 23.4. The van der Waals surface area contributed by atoms with Gasteiger partial charge in [-0.15, -0.1) is 0 Å². The second-order valence-electron chi connectivity index (χ2n) is 8.01. The molecule has 1 aliphatic rings. The number of urea groups is 1. The Balaban J connectivity index is 1.32. The van der Waals surface area contributed by atoms with E-state index in [-0.39, 0.29) is 23.8 Å². The van der Waals surface area contributed by atoms with Gasteiger partial charge in [0.2, 0.25) is 0 Å². The summed E-state index contributed by atoms with van der Waals surface area (Å²) >= 11 is 3.38. The van der Waals surface area contributed by atoms with Crippen molar-refractivity contribution in [2.24, 2.45) is 0 Å². The molecule has 0 unspecified atom stereocenters. The van der Waals surface area contributed by atoms with Crippen LogP contribution in [0, 0.1) is 5.82 Å². The number of amides is 3. The summed E-state index contributed by atoms with van der Waals surface area (Å²) in [5.74, 6) is -0.319. The van der Waals surface area contributed by atoms with Crippen LogP contribution in [-0.4, -0.2) is 52.9 Å². The van der Waals surface area contributed by atoms with Gasteiger partial charge in [-0.2, -0.15) is 0 Å². The van der Waals surface area contributed by atoms with Gasteiger partial charge in [0.05, 0.1) is 5.56 Å². The number of halogens is 2. The standard InChI is InChI=1S/C25H24BrFN4O2/c1-30(21-10-13-31(14-11-21)24(32)22-9-12-28-16-23(22)26)25(33)29-20-7-5-17(6-8-20)18-3-2-4-19(27)15-18/h2-9,12,15-16,21H,10-11,13-14H2,1H3,(H,29,33). The summed E-state index contributed by atoms with van der Waals surface area (Å²) < 4.78 is 14.1. The van der Waals surface area contributed by atoms with Crippen molar-refractivity contribution in [1.29, 1.82) is 0 Å². The summed E-state index contributed by atoms with van der Waals surface area (Å²) in [6.07, 6.45) is 4.63. The third-order valence-electron chi connectivity index (χ3n) is 5.92. The number of carbonyl (C=O) groups is 2. The van der Waals surface area contributed by atoms with Crippen molar-refractivity contribution in [2.75, 3.05) is 25.5 Å². The van der Waals surface area contributed by atoms with Crippen molar-refractivity contribution in [3.63, 3.8) is 0 Å². The van der Waals surface area contributed by atoms with Crippen molar-refractivity contribution in [1.82, 2.24) is 14.8 Å². The van der Waals surface area contributed by atoms with Crippen LogP contribution in [0.5, 0.6) is 0 Å². The van der Waals surface area contributed by atoms with Crippen LogP contribution in [0.3, 0.4) is 0 Å². The number of piperidine rings is 1. The lowest BCUT2D eigenvalue weighted by atomic mass is 10.0. The largest absolute Gasteiger partial charge is 0.338 e. The topological polar surface area (TPSA) is 65.5 Å². The van der Waals surface area contributed by atoms with Crippen LogP contribution in [0.25, 0.3) is 11.1 Å². The van der Waals surface area contributed by atoms with E-state index in [0.717, 1.165) is 11.1 Å². The van der Waals surface area contributed by atoms with Gasteiger partial charge in [0.25, 0.3) is 5.91 Å². The lowest BCUT2D eigenvalue weighted by Gasteiger charge is -2.36. The first-order valence-electron chi connectivity index (χ1n) is 10.7. The number of benzene rings is 2. The van der Waals surface area contributed by atoms with Gasteiger partial charge in [0.1, 0.15) is 5.82 Å². The van der Waals surface area contributed by atoms with E-state index in [2.05, 4.69) is 26.2 Å². The van der Waals surface area contributed by atoms with Crippen LogP contribution in [0.2, 0.25) is 0 Å². The summed E-state index contributed by atoms with van der Waals surface area (Å²) in [4.78, 5) is 33.1. The van der Waals surface area contributed by atoms with Gasteiger partial charge >= 0.3 is 6.03 Å².